The molecule has 1 atom stereocenters. The van der Waals surface area contributed by atoms with Gasteiger partial charge in [-0.1, -0.05) is 24.8 Å². The van der Waals surface area contributed by atoms with E-state index >= 15 is 0 Å². The van der Waals surface area contributed by atoms with Crippen molar-refractivity contribution in [1.29, 1.82) is 0 Å². The second kappa shape index (κ2) is 9.55. The zero-order valence-electron chi connectivity index (χ0n) is 11.6. The van der Waals surface area contributed by atoms with Crippen LogP contribution in [0.1, 0.15) is 12.5 Å². The van der Waals surface area contributed by atoms with Gasteiger partial charge in [-0.2, -0.15) is 0 Å². The van der Waals surface area contributed by atoms with Crippen LogP contribution in [0.25, 0.3) is 0 Å². The van der Waals surface area contributed by atoms with Crippen molar-refractivity contribution in [1.82, 2.24) is 10.6 Å². The Bertz CT molecular complexity index is 350. The average Bonchev–Trinajstić information content (AvgIpc) is 2.41. The molecular weight excluding hydrogens is 240 g/mol. The Morgan fingerprint density at radius 2 is 1.95 bits per heavy atom. The molecule has 0 saturated carbocycles. The molecule has 3 N–H and O–H groups in total. The van der Waals surface area contributed by atoms with Crippen LogP contribution >= 0.6 is 0 Å². The zero-order chi connectivity index (χ0) is 13.9. The maximum atomic E-state index is 9.07. The van der Waals surface area contributed by atoms with Crippen LogP contribution in [0, 0.1) is 0 Å². The minimum Gasteiger partial charge on any atom is -0.490 e. The fourth-order valence-electron chi connectivity index (χ4n) is 1.58. The van der Waals surface area contributed by atoms with E-state index in [1.807, 2.05) is 12.1 Å². The molecule has 0 aliphatic rings. The quantitative estimate of drug-likeness (QED) is 0.440. The van der Waals surface area contributed by atoms with E-state index in [1.54, 1.807) is 13.0 Å². The van der Waals surface area contributed by atoms with Gasteiger partial charge in [0.25, 0.3) is 0 Å². The van der Waals surface area contributed by atoms with E-state index in [4.69, 9.17) is 9.84 Å². The molecule has 0 bridgehead atoms. The fourth-order valence-corrected chi connectivity index (χ4v) is 1.58. The first-order chi connectivity index (χ1) is 9.22. The second-order valence-electron chi connectivity index (χ2n) is 4.47. The molecule has 0 aliphatic carbocycles. The molecule has 1 aromatic rings. The lowest BCUT2D eigenvalue weighted by molar-refractivity contribution is 0.191. The van der Waals surface area contributed by atoms with Crippen LogP contribution in [0.15, 0.2) is 36.9 Å². The first-order valence-corrected chi connectivity index (χ1v) is 6.64. The van der Waals surface area contributed by atoms with Crippen LogP contribution in [0.3, 0.4) is 0 Å². The van der Waals surface area contributed by atoms with Crippen molar-refractivity contribution in [2.45, 2.75) is 19.6 Å². The van der Waals surface area contributed by atoms with Crippen LogP contribution in [0.2, 0.25) is 0 Å². The molecule has 0 aliphatic heterocycles. The molecule has 1 rings (SSSR count). The molecule has 1 aromatic carbocycles. The number of hydrogen-bond acceptors (Lipinski definition) is 4. The minimum absolute atomic E-state index is 0.289. The molecule has 0 fully saturated rings. The van der Waals surface area contributed by atoms with Crippen LogP contribution in [0.4, 0.5) is 0 Å². The smallest absolute Gasteiger partial charge is 0.119 e. The third-order valence-corrected chi connectivity index (χ3v) is 2.54. The molecule has 106 valence electrons. The van der Waals surface area contributed by atoms with Crippen molar-refractivity contribution < 1.29 is 9.84 Å². The maximum absolute atomic E-state index is 9.07. The van der Waals surface area contributed by atoms with E-state index < -0.39 is 0 Å². The third-order valence-electron chi connectivity index (χ3n) is 2.54. The summed E-state index contributed by atoms with van der Waals surface area (Å²) in [6, 6.07) is 8.03. The van der Waals surface area contributed by atoms with Crippen molar-refractivity contribution in [2.24, 2.45) is 0 Å². The highest BCUT2D eigenvalue weighted by Gasteiger charge is 1.96. The standard InChI is InChI=1S/C15H24N2O2/c1-3-10-19-15-6-4-14(5-7-15)12-17-9-8-16-11-13(2)18/h3-7,13,16-18H,1,8-12H2,2H3/t13-/m1/s1. The zero-order valence-corrected chi connectivity index (χ0v) is 11.6. The van der Waals surface area contributed by atoms with Gasteiger partial charge in [-0.05, 0) is 24.6 Å². The Hall–Kier alpha value is -1.36. The summed E-state index contributed by atoms with van der Waals surface area (Å²) in [7, 11) is 0. The van der Waals surface area contributed by atoms with Gasteiger partial charge in [0, 0.05) is 26.2 Å². The van der Waals surface area contributed by atoms with Gasteiger partial charge < -0.3 is 20.5 Å². The molecule has 4 nitrogen and oxygen atoms in total. The number of aliphatic hydroxyl groups excluding tert-OH is 1. The Kier molecular flexibility index (Phi) is 7.89. The largest absolute Gasteiger partial charge is 0.490 e. The van der Waals surface area contributed by atoms with E-state index in [2.05, 4.69) is 29.3 Å². The van der Waals surface area contributed by atoms with Gasteiger partial charge in [0.05, 0.1) is 6.10 Å². The number of ether oxygens (including phenoxy) is 1. The molecule has 0 amide bonds. The molecule has 0 radical (unpaired) electrons. The third kappa shape index (κ3) is 7.62. The molecular formula is C15H24N2O2. The van der Waals surface area contributed by atoms with Crippen molar-refractivity contribution in [3.63, 3.8) is 0 Å². The molecule has 0 saturated heterocycles. The minimum atomic E-state index is -0.289. The number of nitrogens with one attached hydrogen (secondary N) is 2. The SMILES string of the molecule is C=CCOc1ccc(CNCCNC[C@@H](C)O)cc1. The van der Waals surface area contributed by atoms with Gasteiger partial charge in [-0.3, -0.25) is 0 Å². The highest BCUT2D eigenvalue weighted by Crippen LogP contribution is 2.11. The van der Waals surface area contributed by atoms with Crippen molar-refractivity contribution in [3.05, 3.63) is 42.5 Å². The van der Waals surface area contributed by atoms with E-state index in [0.29, 0.717) is 13.2 Å². The van der Waals surface area contributed by atoms with Crippen LogP contribution in [-0.4, -0.2) is 37.5 Å². The summed E-state index contributed by atoms with van der Waals surface area (Å²) in [6.07, 6.45) is 1.44. The molecule has 19 heavy (non-hydrogen) atoms. The average molecular weight is 264 g/mol. The lowest BCUT2D eigenvalue weighted by Gasteiger charge is -2.09. The van der Waals surface area contributed by atoms with Crippen molar-refractivity contribution >= 4 is 0 Å². The summed E-state index contributed by atoms with van der Waals surface area (Å²) in [5.74, 6) is 0.863. The van der Waals surface area contributed by atoms with E-state index in [9.17, 15) is 0 Å². The second-order valence-corrected chi connectivity index (χ2v) is 4.47. The lowest BCUT2D eigenvalue weighted by Crippen LogP contribution is -2.31. The van der Waals surface area contributed by atoms with Gasteiger partial charge in [0.1, 0.15) is 12.4 Å². The maximum Gasteiger partial charge on any atom is 0.119 e. The summed E-state index contributed by atoms with van der Waals surface area (Å²) in [6.45, 7) is 9.12. The van der Waals surface area contributed by atoms with Crippen LogP contribution in [0.5, 0.6) is 5.75 Å². The topological polar surface area (TPSA) is 53.5 Å². The first kappa shape index (κ1) is 15.7. The van der Waals surface area contributed by atoms with Crippen LogP contribution < -0.4 is 15.4 Å². The Morgan fingerprint density at radius 3 is 2.58 bits per heavy atom. The highest BCUT2D eigenvalue weighted by molar-refractivity contribution is 5.27. The number of hydrogen-bond donors (Lipinski definition) is 3. The predicted molar refractivity (Wildman–Crippen MR) is 78.4 cm³/mol. The fraction of sp³-hybridized carbons (Fsp3) is 0.467. The predicted octanol–water partition coefficient (Wildman–Crippen LogP) is 1.31. The first-order valence-electron chi connectivity index (χ1n) is 6.64. The summed E-state index contributed by atoms with van der Waals surface area (Å²) in [5, 5.41) is 15.6. The Balaban J connectivity index is 2.14. The summed E-state index contributed by atoms with van der Waals surface area (Å²) in [4.78, 5) is 0. The van der Waals surface area contributed by atoms with Gasteiger partial charge in [-0.25, -0.2) is 0 Å². The van der Waals surface area contributed by atoms with E-state index in [-0.39, 0.29) is 6.10 Å². The summed E-state index contributed by atoms with van der Waals surface area (Å²) in [5.41, 5.74) is 1.22. The summed E-state index contributed by atoms with van der Waals surface area (Å²) >= 11 is 0. The monoisotopic (exact) mass is 264 g/mol. The number of aliphatic hydroxyl groups is 1. The summed E-state index contributed by atoms with van der Waals surface area (Å²) < 4.78 is 5.42. The van der Waals surface area contributed by atoms with Crippen molar-refractivity contribution in [2.75, 3.05) is 26.2 Å². The molecule has 0 aromatic heterocycles. The highest BCUT2D eigenvalue weighted by atomic mass is 16.5. The number of rotatable bonds is 10. The normalized spacial score (nSPS) is 12.1. The van der Waals surface area contributed by atoms with Gasteiger partial charge >= 0.3 is 0 Å². The van der Waals surface area contributed by atoms with Gasteiger partial charge in [0.2, 0.25) is 0 Å². The van der Waals surface area contributed by atoms with E-state index in [0.717, 1.165) is 25.4 Å². The Labute approximate surface area is 115 Å². The van der Waals surface area contributed by atoms with E-state index in [1.165, 1.54) is 5.56 Å². The Morgan fingerprint density at radius 1 is 1.26 bits per heavy atom. The lowest BCUT2D eigenvalue weighted by atomic mass is 10.2. The number of benzene rings is 1. The molecule has 0 unspecified atom stereocenters. The van der Waals surface area contributed by atoms with Gasteiger partial charge in [0.15, 0.2) is 0 Å². The van der Waals surface area contributed by atoms with Crippen LogP contribution in [-0.2, 0) is 6.54 Å². The van der Waals surface area contributed by atoms with Crippen molar-refractivity contribution in [3.8, 4) is 5.75 Å². The molecule has 0 spiro atoms. The van der Waals surface area contributed by atoms with Gasteiger partial charge in [-0.15, -0.1) is 0 Å². The molecule has 0 heterocycles. The molecule has 4 heteroatoms.